The lowest BCUT2D eigenvalue weighted by atomic mass is 10.00. The summed E-state index contributed by atoms with van der Waals surface area (Å²) in [5, 5.41) is 10.5. The first-order valence-corrected chi connectivity index (χ1v) is 8.01. The van der Waals surface area contributed by atoms with Gasteiger partial charge in [-0.25, -0.2) is 4.39 Å². The first-order valence-electron chi connectivity index (χ1n) is 7.19. The standard InChI is InChI=1S/C18H13FO2S/c19-12-5-3-11(4-6-12)18-16(17(21)10-1-2-10)14-8-7-13(20)9-15(14)22-18/h3-10,20H,1-2H2. The van der Waals surface area contributed by atoms with Crippen molar-refractivity contribution in [3.05, 3.63) is 53.8 Å². The number of hydrogen-bond donors (Lipinski definition) is 1. The third kappa shape index (κ3) is 2.20. The Bertz CT molecular complexity index is 876. The summed E-state index contributed by atoms with van der Waals surface area (Å²) in [6, 6.07) is 11.3. The van der Waals surface area contributed by atoms with Crippen molar-refractivity contribution in [3.63, 3.8) is 0 Å². The molecule has 0 bridgehead atoms. The van der Waals surface area contributed by atoms with Crippen LogP contribution in [0.5, 0.6) is 5.75 Å². The SMILES string of the molecule is O=C(c1c(-c2ccc(F)cc2)sc2cc(O)ccc12)C1CC1. The number of ketones is 1. The van der Waals surface area contributed by atoms with Gasteiger partial charge in [0.1, 0.15) is 11.6 Å². The first-order chi connectivity index (χ1) is 10.6. The summed E-state index contributed by atoms with van der Waals surface area (Å²) in [5.74, 6) is 0.171. The van der Waals surface area contributed by atoms with Crippen LogP contribution in [-0.2, 0) is 0 Å². The molecule has 4 heteroatoms. The molecule has 1 N–H and O–H groups in total. The van der Waals surface area contributed by atoms with Crippen LogP contribution in [0.15, 0.2) is 42.5 Å². The molecule has 1 aliphatic rings. The van der Waals surface area contributed by atoms with Crippen molar-refractivity contribution in [3.8, 4) is 16.2 Å². The molecule has 22 heavy (non-hydrogen) atoms. The summed E-state index contributed by atoms with van der Waals surface area (Å²) in [7, 11) is 0. The number of rotatable bonds is 3. The molecule has 0 radical (unpaired) electrons. The van der Waals surface area contributed by atoms with E-state index in [2.05, 4.69) is 0 Å². The summed E-state index contributed by atoms with van der Waals surface area (Å²) in [4.78, 5) is 13.6. The van der Waals surface area contributed by atoms with Crippen LogP contribution in [0.25, 0.3) is 20.5 Å². The van der Waals surface area contributed by atoms with Crippen LogP contribution in [-0.4, -0.2) is 10.9 Å². The summed E-state index contributed by atoms with van der Waals surface area (Å²) in [6.07, 6.45) is 1.88. The van der Waals surface area contributed by atoms with E-state index in [1.165, 1.54) is 23.5 Å². The lowest BCUT2D eigenvalue weighted by Crippen LogP contribution is -2.01. The summed E-state index contributed by atoms with van der Waals surface area (Å²) < 4.78 is 14.0. The summed E-state index contributed by atoms with van der Waals surface area (Å²) in [5.41, 5.74) is 1.56. The number of hydrogen-bond acceptors (Lipinski definition) is 3. The number of fused-ring (bicyclic) bond motifs is 1. The normalized spacial score (nSPS) is 14.4. The Kier molecular flexibility index (Phi) is 3.01. The van der Waals surface area contributed by atoms with Crippen LogP contribution >= 0.6 is 11.3 Å². The molecule has 4 rings (SSSR count). The predicted molar refractivity (Wildman–Crippen MR) is 85.9 cm³/mol. The quantitative estimate of drug-likeness (QED) is 0.691. The van der Waals surface area contributed by atoms with Gasteiger partial charge in [-0.3, -0.25) is 4.79 Å². The van der Waals surface area contributed by atoms with Crippen molar-refractivity contribution in [2.75, 3.05) is 0 Å². The minimum Gasteiger partial charge on any atom is -0.508 e. The van der Waals surface area contributed by atoms with E-state index >= 15 is 0 Å². The van der Waals surface area contributed by atoms with Gasteiger partial charge in [-0.15, -0.1) is 11.3 Å². The minimum absolute atomic E-state index is 0.116. The van der Waals surface area contributed by atoms with Crippen LogP contribution < -0.4 is 0 Å². The molecule has 2 aromatic carbocycles. The van der Waals surface area contributed by atoms with Gasteiger partial charge >= 0.3 is 0 Å². The zero-order valence-corrected chi connectivity index (χ0v) is 12.5. The molecule has 0 spiro atoms. The van der Waals surface area contributed by atoms with Gasteiger partial charge < -0.3 is 5.11 Å². The molecule has 1 aromatic heterocycles. The fraction of sp³-hybridized carbons (Fsp3) is 0.167. The summed E-state index contributed by atoms with van der Waals surface area (Å²) in [6.45, 7) is 0. The van der Waals surface area contributed by atoms with Crippen molar-refractivity contribution in [1.82, 2.24) is 0 Å². The van der Waals surface area contributed by atoms with Gasteiger partial charge in [-0.1, -0.05) is 12.1 Å². The Labute approximate surface area is 130 Å². The number of carbonyl (C=O) groups is 1. The van der Waals surface area contributed by atoms with E-state index in [9.17, 15) is 14.3 Å². The average Bonchev–Trinajstić information content (AvgIpc) is 3.28. The Hall–Kier alpha value is -2.20. The van der Waals surface area contributed by atoms with Gasteiger partial charge in [0.15, 0.2) is 5.78 Å². The molecule has 0 saturated heterocycles. The highest BCUT2D eigenvalue weighted by Gasteiger charge is 2.34. The van der Waals surface area contributed by atoms with E-state index in [1.54, 1.807) is 30.3 Å². The number of halogens is 1. The van der Waals surface area contributed by atoms with Crippen molar-refractivity contribution in [1.29, 1.82) is 0 Å². The fourth-order valence-electron chi connectivity index (χ4n) is 2.68. The number of phenols is 1. The van der Waals surface area contributed by atoms with Crippen molar-refractivity contribution < 1.29 is 14.3 Å². The Morgan fingerprint density at radius 3 is 2.55 bits per heavy atom. The Morgan fingerprint density at radius 2 is 1.86 bits per heavy atom. The first kappa shape index (κ1) is 13.5. The van der Waals surface area contributed by atoms with E-state index in [0.29, 0.717) is 5.56 Å². The molecule has 0 aliphatic heterocycles. The zero-order chi connectivity index (χ0) is 15.3. The smallest absolute Gasteiger partial charge is 0.168 e. The van der Waals surface area contributed by atoms with E-state index in [1.807, 2.05) is 0 Å². The molecule has 1 saturated carbocycles. The van der Waals surface area contributed by atoms with Gasteiger partial charge in [0.25, 0.3) is 0 Å². The maximum absolute atomic E-state index is 13.2. The molecule has 0 amide bonds. The van der Waals surface area contributed by atoms with Gasteiger partial charge in [-0.05, 0) is 48.7 Å². The molecule has 0 unspecified atom stereocenters. The zero-order valence-electron chi connectivity index (χ0n) is 11.7. The van der Waals surface area contributed by atoms with Crippen LogP contribution in [0.4, 0.5) is 4.39 Å². The van der Waals surface area contributed by atoms with Gasteiger partial charge in [0, 0.05) is 26.4 Å². The van der Waals surface area contributed by atoms with E-state index in [-0.39, 0.29) is 23.3 Å². The van der Waals surface area contributed by atoms with Crippen LogP contribution in [0.2, 0.25) is 0 Å². The van der Waals surface area contributed by atoms with Crippen molar-refractivity contribution in [2.24, 2.45) is 5.92 Å². The highest BCUT2D eigenvalue weighted by atomic mass is 32.1. The van der Waals surface area contributed by atoms with Crippen LogP contribution in [0.3, 0.4) is 0 Å². The fourth-order valence-corrected chi connectivity index (χ4v) is 3.93. The van der Waals surface area contributed by atoms with E-state index in [0.717, 1.165) is 33.4 Å². The second kappa shape index (κ2) is 4.92. The van der Waals surface area contributed by atoms with Crippen LogP contribution in [0.1, 0.15) is 23.2 Å². The maximum atomic E-state index is 13.2. The molecule has 0 atom stereocenters. The largest absolute Gasteiger partial charge is 0.508 e. The molecule has 1 fully saturated rings. The molecule has 1 heterocycles. The Morgan fingerprint density at radius 1 is 1.14 bits per heavy atom. The third-order valence-corrected chi connectivity index (χ3v) is 5.18. The number of carbonyl (C=O) groups excluding carboxylic acids is 1. The highest BCUT2D eigenvalue weighted by molar-refractivity contribution is 7.22. The third-order valence-electron chi connectivity index (χ3n) is 3.97. The van der Waals surface area contributed by atoms with E-state index in [4.69, 9.17) is 0 Å². The number of aromatic hydroxyl groups is 1. The lowest BCUT2D eigenvalue weighted by Gasteiger charge is -2.04. The monoisotopic (exact) mass is 312 g/mol. The van der Waals surface area contributed by atoms with Gasteiger partial charge in [0.2, 0.25) is 0 Å². The lowest BCUT2D eigenvalue weighted by molar-refractivity contribution is 0.0970. The molecule has 3 aromatic rings. The van der Waals surface area contributed by atoms with E-state index < -0.39 is 0 Å². The van der Waals surface area contributed by atoms with Crippen molar-refractivity contribution in [2.45, 2.75) is 12.8 Å². The highest BCUT2D eigenvalue weighted by Crippen LogP contribution is 2.44. The molecular formula is C18H13FO2S. The van der Waals surface area contributed by atoms with Crippen molar-refractivity contribution >= 4 is 27.2 Å². The second-order valence-electron chi connectivity index (χ2n) is 5.63. The maximum Gasteiger partial charge on any atom is 0.168 e. The Balaban J connectivity index is 1.97. The summed E-state index contributed by atoms with van der Waals surface area (Å²) >= 11 is 1.47. The molecule has 1 aliphatic carbocycles. The average molecular weight is 312 g/mol. The topological polar surface area (TPSA) is 37.3 Å². The molecular weight excluding hydrogens is 299 g/mol. The predicted octanol–water partition coefficient (Wildman–Crippen LogP) is 5.01. The molecule has 110 valence electrons. The van der Waals surface area contributed by atoms with Crippen LogP contribution in [0, 0.1) is 11.7 Å². The second-order valence-corrected chi connectivity index (χ2v) is 6.68. The number of Topliss-reactive ketones (excluding diaryl/α,β-unsaturated/α-hetero) is 1. The number of phenolic OH excluding ortho intramolecular Hbond substituents is 1. The van der Waals surface area contributed by atoms with Gasteiger partial charge in [-0.2, -0.15) is 0 Å². The number of thiophene rings is 1. The van der Waals surface area contributed by atoms with Gasteiger partial charge in [0.05, 0.1) is 0 Å². The number of benzene rings is 2. The molecule has 2 nitrogen and oxygen atoms in total. The minimum atomic E-state index is -0.294.